The third kappa shape index (κ3) is 7.14. The van der Waals surface area contributed by atoms with Gasteiger partial charge in [-0.3, -0.25) is 4.79 Å². The minimum absolute atomic E-state index is 0.0305. The van der Waals surface area contributed by atoms with Crippen LogP contribution in [0.25, 0.3) is 11.0 Å². The predicted octanol–water partition coefficient (Wildman–Crippen LogP) is 3.66. The molecule has 40 heavy (non-hydrogen) atoms. The highest BCUT2D eigenvalue weighted by atomic mass is 32.2. The number of para-hydroxylation sites is 2. The van der Waals surface area contributed by atoms with Crippen molar-refractivity contribution < 1.29 is 32.2 Å². The van der Waals surface area contributed by atoms with Crippen molar-refractivity contribution in [2.24, 2.45) is 0 Å². The van der Waals surface area contributed by atoms with Crippen LogP contribution in [0.2, 0.25) is 0 Å². The molecule has 210 valence electrons. The average molecular weight is 568 g/mol. The highest BCUT2D eigenvalue weighted by Crippen LogP contribution is 2.35. The molecule has 0 aliphatic carbocycles. The van der Waals surface area contributed by atoms with E-state index in [2.05, 4.69) is 20.6 Å². The number of ether oxygens (including phenoxy) is 4. The molecule has 0 aliphatic heterocycles. The molecule has 0 saturated carbocycles. The summed E-state index contributed by atoms with van der Waals surface area (Å²) in [4.78, 5) is 21.6. The van der Waals surface area contributed by atoms with Gasteiger partial charge >= 0.3 is 0 Å². The molecular weight excluding hydrogens is 538 g/mol. The molecule has 1 heterocycles. The van der Waals surface area contributed by atoms with Crippen LogP contribution in [0.4, 0.5) is 28.7 Å². The number of thiol groups is 1. The number of nitrogens with one attached hydrogen (secondary N) is 2. The normalized spacial score (nSPS) is 10.9. The maximum absolute atomic E-state index is 12.7. The molecule has 4 aromatic rings. The SMILES string of the molecule is COCCOCC(=O)Nc1cccc(N(c2nc3ccccc3nc2Nc2cc(OC)cc(OC)c2)[SH](=O)=O)c1. The van der Waals surface area contributed by atoms with Gasteiger partial charge in [0.15, 0.2) is 11.6 Å². The largest absolute Gasteiger partial charge is 0.497 e. The first-order valence-electron chi connectivity index (χ1n) is 12.1. The Labute approximate surface area is 232 Å². The topological polar surface area (TPSA) is 141 Å². The summed E-state index contributed by atoms with van der Waals surface area (Å²) in [7, 11) is 1.36. The number of aromatic nitrogens is 2. The summed E-state index contributed by atoms with van der Waals surface area (Å²) >= 11 is 0. The standard InChI is InChI=1S/C27H29N5O7S/c1-36-11-12-39-17-25(33)28-18-7-6-8-20(13-18)32(40(34)35)27-26(30-23-9-4-5-10-24(23)31-27)29-19-14-21(37-2)16-22(15-19)38-3/h4-10,13-16,40H,11-12,17H2,1-3H3,(H,28,33)(H,29,30). The smallest absolute Gasteiger partial charge is 0.250 e. The van der Waals surface area contributed by atoms with Crippen molar-refractivity contribution in [2.45, 2.75) is 0 Å². The number of amides is 1. The van der Waals surface area contributed by atoms with Crippen molar-refractivity contribution in [3.63, 3.8) is 0 Å². The summed E-state index contributed by atoms with van der Waals surface area (Å²) in [6, 6.07) is 18.6. The molecule has 13 heteroatoms. The molecular formula is C27H29N5O7S. The number of rotatable bonds is 13. The maximum Gasteiger partial charge on any atom is 0.250 e. The monoisotopic (exact) mass is 567 g/mol. The van der Waals surface area contributed by atoms with Crippen LogP contribution in [0.5, 0.6) is 11.5 Å². The molecule has 0 atom stereocenters. The lowest BCUT2D eigenvalue weighted by Crippen LogP contribution is -2.21. The first kappa shape index (κ1) is 28.5. The number of hydrogen-bond acceptors (Lipinski definition) is 10. The molecule has 12 nitrogen and oxygen atoms in total. The van der Waals surface area contributed by atoms with Crippen molar-refractivity contribution in [3.05, 3.63) is 66.7 Å². The van der Waals surface area contributed by atoms with E-state index >= 15 is 0 Å². The summed E-state index contributed by atoms with van der Waals surface area (Å²) in [5, 5.41) is 5.87. The quantitative estimate of drug-likeness (QED) is 0.162. The van der Waals surface area contributed by atoms with Gasteiger partial charge in [0, 0.05) is 36.7 Å². The van der Waals surface area contributed by atoms with Gasteiger partial charge in [-0.2, -0.15) is 0 Å². The maximum atomic E-state index is 12.7. The predicted molar refractivity (Wildman–Crippen MR) is 153 cm³/mol. The molecule has 0 bridgehead atoms. The molecule has 0 unspecified atom stereocenters. The highest BCUT2D eigenvalue weighted by Gasteiger charge is 2.21. The lowest BCUT2D eigenvalue weighted by molar-refractivity contribution is -0.121. The Morgan fingerprint density at radius 1 is 0.850 bits per heavy atom. The van der Waals surface area contributed by atoms with Gasteiger partial charge in [-0.15, -0.1) is 0 Å². The second-order valence-electron chi connectivity index (χ2n) is 8.30. The van der Waals surface area contributed by atoms with E-state index in [4.69, 9.17) is 18.9 Å². The fourth-order valence-electron chi connectivity index (χ4n) is 3.75. The summed E-state index contributed by atoms with van der Waals surface area (Å²) in [6.07, 6.45) is 0. The number of methoxy groups -OCH3 is 3. The van der Waals surface area contributed by atoms with Gasteiger partial charge in [0.1, 0.15) is 18.1 Å². The van der Waals surface area contributed by atoms with Crippen LogP contribution in [0, 0.1) is 0 Å². The van der Waals surface area contributed by atoms with Gasteiger partial charge in [0.05, 0.1) is 44.2 Å². The Kier molecular flexibility index (Phi) is 9.67. The summed E-state index contributed by atoms with van der Waals surface area (Å²) in [5.74, 6) is 0.861. The summed E-state index contributed by atoms with van der Waals surface area (Å²) in [6.45, 7) is 0.450. The Hall–Kier alpha value is -4.46. The zero-order chi connectivity index (χ0) is 28.5. The van der Waals surface area contributed by atoms with E-state index < -0.39 is 16.8 Å². The second kappa shape index (κ2) is 13.6. The van der Waals surface area contributed by atoms with E-state index in [0.29, 0.717) is 40.5 Å². The van der Waals surface area contributed by atoms with Crippen molar-refractivity contribution in [3.8, 4) is 11.5 Å². The summed E-state index contributed by atoms with van der Waals surface area (Å²) < 4.78 is 47.3. The zero-order valence-corrected chi connectivity index (χ0v) is 23.0. The van der Waals surface area contributed by atoms with Gasteiger partial charge in [-0.05, 0) is 30.3 Å². The third-order valence-electron chi connectivity index (χ3n) is 5.57. The molecule has 0 spiro atoms. The highest BCUT2D eigenvalue weighted by molar-refractivity contribution is 7.74. The lowest BCUT2D eigenvalue weighted by Gasteiger charge is -2.21. The fourth-order valence-corrected chi connectivity index (χ4v) is 4.36. The average Bonchev–Trinajstić information content (AvgIpc) is 2.95. The molecule has 0 radical (unpaired) electrons. The van der Waals surface area contributed by atoms with Crippen molar-refractivity contribution in [1.82, 2.24) is 9.97 Å². The number of benzene rings is 3. The van der Waals surface area contributed by atoms with E-state index in [1.165, 1.54) is 27.4 Å². The van der Waals surface area contributed by atoms with E-state index in [9.17, 15) is 13.2 Å². The number of nitrogens with zero attached hydrogens (tertiary/aromatic N) is 3. The zero-order valence-electron chi connectivity index (χ0n) is 22.1. The molecule has 0 fully saturated rings. The second-order valence-corrected chi connectivity index (χ2v) is 9.18. The van der Waals surface area contributed by atoms with E-state index in [1.807, 2.05) is 6.07 Å². The van der Waals surface area contributed by atoms with Crippen molar-refractivity contribution in [2.75, 3.05) is 56.1 Å². The number of hydrogen-bond donors (Lipinski definition) is 3. The van der Waals surface area contributed by atoms with Gasteiger partial charge in [-0.1, -0.05) is 18.2 Å². The van der Waals surface area contributed by atoms with E-state index in [0.717, 1.165) is 4.31 Å². The molecule has 1 amide bonds. The fraction of sp³-hybridized carbons (Fsp3) is 0.222. The summed E-state index contributed by atoms with van der Waals surface area (Å²) in [5.41, 5.74) is 2.20. The molecule has 0 aliphatic rings. The van der Waals surface area contributed by atoms with Gasteiger partial charge < -0.3 is 29.6 Å². The van der Waals surface area contributed by atoms with Crippen molar-refractivity contribution in [1.29, 1.82) is 0 Å². The Bertz CT molecular complexity index is 1530. The van der Waals surface area contributed by atoms with Crippen LogP contribution in [-0.2, 0) is 25.2 Å². The molecule has 0 saturated heterocycles. The van der Waals surface area contributed by atoms with Gasteiger partial charge in [0.2, 0.25) is 16.8 Å². The number of carbonyl (C=O) groups excluding carboxylic acids is 1. The molecule has 3 aromatic carbocycles. The number of carbonyl (C=O) groups is 1. The Morgan fingerprint density at radius 3 is 2.20 bits per heavy atom. The molecule has 2 N–H and O–H groups in total. The molecule has 1 aromatic heterocycles. The molecule has 4 rings (SSSR count). The van der Waals surface area contributed by atoms with Crippen LogP contribution in [0.15, 0.2) is 66.7 Å². The van der Waals surface area contributed by atoms with Gasteiger partial charge in [0.25, 0.3) is 0 Å². The van der Waals surface area contributed by atoms with Crippen molar-refractivity contribution >= 4 is 56.5 Å². The van der Waals surface area contributed by atoms with Crippen LogP contribution in [0.1, 0.15) is 0 Å². The van der Waals surface area contributed by atoms with Crippen LogP contribution >= 0.6 is 0 Å². The van der Waals surface area contributed by atoms with Gasteiger partial charge in [-0.25, -0.2) is 22.7 Å². The first-order chi connectivity index (χ1) is 19.4. The van der Waals surface area contributed by atoms with Crippen LogP contribution in [0.3, 0.4) is 0 Å². The first-order valence-corrected chi connectivity index (χ1v) is 13.2. The minimum atomic E-state index is -3.24. The lowest BCUT2D eigenvalue weighted by atomic mass is 10.2. The number of anilines is 5. The van der Waals surface area contributed by atoms with Crippen LogP contribution in [-0.4, -0.2) is 65.4 Å². The van der Waals surface area contributed by atoms with E-state index in [1.54, 1.807) is 54.6 Å². The number of fused-ring (bicyclic) bond motifs is 1. The Balaban J connectivity index is 1.73. The minimum Gasteiger partial charge on any atom is -0.497 e. The third-order valence-corrected chi connectivity index (χ3v) is 6.32. The van der Waals surface area contributed by atoms with Crippen LogP contribution < -0.4 is 24.4 Å². The Morgan fingerprint density at radius 2 is 1.55 bits per heavy atom. The van der Waals surface area contributed by atoms with E-state index in [-0.39, 0.29) is 30.5 Å².